The van der Waals surface area contributed by atoms with Crippen LogP contribution in [0.15, 0.2) is 12.1 Å². The van der Waals surface area contributed by atoms with E-state index in [1.54, 1.807) is 0 Å². The van der Waals surface area contributed by atoms with Gasteiger partial charge in [-0.25, -0.2) is 4.79 Å². The highest BCUT2D eigenvalue weighted by atomic mass is 35.5. The number of rotatable bonds is 4. The van der Waals surface area contributed by atoms with Gasteiger partial charge in [0.1, 0.15) is 0 Å². The molecule has 0 fully saturated rings. The molecule has 0 aliphatic heterocycles. The summed E-state index contributed by atoms with van der Waals surface area (Å²) in [4.78, 5) is 21.8. The first-order chi connectivity index (χ1) is 7.52. The van der Waals surface area contributed by atoms with Gasteiger partial charge in [-0.3, -0.25) is 4.79 Å². The molecule has 0 spiro atoms. The van der Waals surface area contributed by atoms with Crippen LogP contribution in [0, 0.1) is 0 Å². The summed E-state index contributed by atoms with van der Waals surface area (Å²) in [7, 11) is 2.76. The summed E-state index contributed by atoms with van der Waals surface area (Å²) in [6.07, 6.45) is 0. The van der Waals surface area contributed by atoms with Gasteiger partial charge in [-0.05, 0) is 12.1 Å². The van der Waals surface area contributed by atoms with Gasteiger partial charge in [0.05, 0.1) is 24.8 Å². The van der Waals surface area contributed by atoms with Gasteiger partial charge < -0.3 is 14.6 Å². The van der Waals surface area contributed by atoms with Crippen LogP contribution >= 0.6 is 11.6 Å². The standard InChI is InChI=1S/C10H9ClO5/c1-15-6-4-3-5(8(12)10(13)14)7(11)9(6)16-2/h3-4H,1-2H3,(H,13,14). The Balaban J connectivity index is 3.34. The first-order valence-electron chi connectivity index (χ1n) is 4.21. The van der Waals surface area contributed by atoms with Crippen LogP contribution in [0.1, 0.15) is 10.4 Å². The van der Waals surface area contributed by atoms with Crippen LogP contribution in [-0.2, 0) is 4.79 Å². The number of carbonyl (C=O) groups excluding carboxylic acids is 1. The summed E-state index contributed by atoms with van der Waals surface area (Å²) in [5.74, 6) is -2.20. The molecule has 0 saturated heterocycles. The van der Waals surface area contributed by atoms with E-state index in [9.17, 15) is 9.59 Å². The van der Waals surface area contributed by atoms with E-state index < -0.39 is 11.8 Å². The molecule has 0 aliphatic rings. The van der Waals surface area contributed by atoms with Gasteiger partial charge in [-0.1, -0.05) is 11.6 Å². The van der Waals surface area contributed by atoms with Crippen molar-refractivity contribution in [3.63, 3.8) is 0 Å². The maximum atomic E-state index is 11.3. The zero-order valence-corrected chi connectivity index (χ0v) is 9.37. The number of hydrogen-bond acceptors (Lipinski definition) is 4. The van der Waals surface area contributed by atoms with E-state index in [0.29, 0.717) is 5.75 Å². The summed E-state index contributed by atoms with van der Waals surface area (Å²) in [5, 5.41) is 8.49. The van der Waals surface area contributed by atoms with Gasteiger partial charge >= 0.3 is 5.97 Å². The third-order valence-electron chi connectivity index (χ3n) is 1.92. The predicted molar refractivity (Wildman–Crippen MR) is 56.5 cm³/mol. The van der Waals surface area contributed by atoms with Crippen molar-refractivity contribution in [3.05, 3.63) is 22.7 Å². The molecule has 0 radical (unpaired) electrons. The summed E-state index contributed by atoms with van der Waals surface area (Å²) < 4.78 is 9.88. The second kappa shape index (κ2) is 4.85. The predicted octanol–water partition coefficient (Wildman–Crippen LogP) is 1.62. The number of halogens is 1. The van der Waals surface area contributed by atoms with Gasteiger partial charge in [0, 0.05) is 0 Å². The van der Waals surface area contributed by atoms with Crippen molar-refractivity contribution in [1.29, 1.82) is 0 Å². The zero-order chi connectivity index (χ0) is 12.3. The van der Waals surface area contributed by atoms with E-state index in [2.05, 4.69) is 0 Å². The Morgan fingerprint density at radius 2 is 1.88 bits per heavy atom. The number of Topliss-reactive ketones (excluding diaryl/α,β-unsaturated/α-hetero) is 1. The Labute approximate surface area is 96.5 Å². The van der Waals surface area contributed by atoms with E-state index in [4.69, 9.17) is 26.2 Å². The molecular formula is C10H9ClO5. The largest absolute Gasteiger partial charge is 0.493 e. The van der Waals surface area contributed by atoms with E-state index in [0.717, 1.165) is 0 Å². The summed E-state index contributed by atoms with van der Waals surface area (Å²) in [6, 6.07) is 2.70. The lowest BCUT2D eigenvalue weighted by Crippen LogP contribution is -2.13. The van der Waals surface area contributed by atoms with Crippen LogP contribution in [0.3, 0.4) is 0 Å². The third-order valence-corrected chi connectivity index (χ3v) is 2.30. The number of ether oxygens (including phenoxy) is 2. The van der Waals surface area contributed by atoms with E-state index in [-0.39, 0.29) is 16.3 Å². The van der Waals surface area contributed by atoms with E-state index in [1.165, 1.54) is 26.4 Å². The maximum Gasteiger partial charge on any atom is 0.377 e. The molecule has 1 rings (SSSR count). The van der Waals surface area contributed by atoms with Crippen LogP contribution in [0.4, 0.5) is 0 Å². The number of carboxylic acids is 1. The molecule has 0 saturated carbocycles. The molecule has 6 heteroatoms. The highest BCUT2D eigenvalue weighted by molar-refractivity contribution is 6.45. The Morgan fingerprint density at radius 3 is 2.31 bits per heavy atom. The number of carboxylic acid groups (broad SMARTS) is 1. The Morgan fingerprint density at radius 1 is 1.25 bits per heavy atom. The monoisotopic (exact) mass is 244 g/mol. The summed E-state index contributed by atoms with van der Waals surface area (Å²) in [6.45, 7) is 0. The number of ketones is 1. The first kappa shape index (κ1) is 12.3. The average Bonchev–Trinajstić information content (AvgIpc) is 2.27. The molecule has 0 aromatic heterocycles. The Hall–Kier alpha value is -1.75. The number of hydrogen-bond donors (Lipinski definition) is 1. The smallest absolute Gasteiger partial charge is 0.377 e. The second-order valence-electron chi connectivity index (χ2n) is 2.80. The topological polar surface area (TPSA) is 72.8 Å². The van der Waals surface area contributed by atoms with Crippen LogP contribution in [0.25, 0.3) is 0 Å². The molecule has 0 unspecified atom stereocenters. The minimum atomic E-state index is -1.57. The van der Waals surface area contributed by atoms with Gasteiger partial charge in [0.15, 0.2) is 11.5 Å². The Bertz CT molecular complexity index is 441. The quantitative estimate of drug-likeness (QED) is 0.644. The van der Waals surface area contributed by atoms with Crippen molar-refractivity contribution >= 4 is 23.4 Å². The number of benzene rings is 1. The van der Waals surface area contributed by atoms with Crippen molar-refractivity contribution in [3.8, 4) is 11.5 Å². The highest BCUT2D eigenvalue weighted by Crippen LogP contribution is 2.37. The number of aliphatic carboxylic acids is 1. The van der Waals surface area contributed by atoms with Gasteiger partial charge in [0.2, 0.25) is 0 Å². The SMILES string of the molecule is COc1ccc(C(=O)C(=O)O)c(Cl)c1OC. The third kappa shape index (κ3) is 2.09. The van der Waals surface area contributed by atoms with Crippen molar-refractivity contribution in [1.82, 2.24) is 0 Å². The minimum absolute atomic E-state index is 0.0748. The first-order valence-corrected chi connectivity index (χ1v) is 4.58. The van der Waals surface area contributed by atoms with E-state index in [1.807, 2.05) is 0 Å². The van der Waals surface area contributed by atoms with Crippen molar-refractivity contribution in [2.45, 2.75) is 0 Å². The zero-order valence-electron chi connectivity index (χ0n) is 8.61. The molecular weight excluding hydrogens is 236 g/mol. The fourth-order valence-corrected chi connectivity index (χ4v) is 1.50. The minimum Gasteiger partial charge on any atom is -0.493 e. The molecule has 16 heavy (non-hydrogen) atoms. The summed E-state index contributed by atoms with van der Waals surface area (Å²) in [5.41, 5.74) is -0.133. The Kier molecular flexibility index (Phi) is 3.73. The van der Waals surface area contributed by atoms with Crippen LogP contribution < -0.4 is 9.47 Å². The van der Waals surface area contributed by atoms with Crippen LogP contribution in [0.2, 0.25) is 5.02 Å². The van der Waals surface area contributed by atoms with Crippen LogP contribution in [0.5, 0.6) is 11.5 Å². The molecule has 1 N–H and O–H groups in total. The summed E-state index contributed by atoms with van der Waals surface area (Å²) >= 11 is 5.84. The van der Waals surface area contributed by atoms with Crippen molar-refractivity contribution in [2.24, 2.45) is 0 Å². The highest BCUT2D eigenvalue weighted by Gasteiger charge is 2.22. The van der Waals surface area contributed by atoms with Gasteiger partial charge in [-0.2, -0.15) is 0 Å². The van der Waals surface area contributed by atoms with Crippen molar-refractivity contribution < 1.29 is 24.2 Å². The molecule has 0 amide bonds. The van der Waals surface area contributed by atoms with Crippen LogP contribution in [-0.4, -0.2) is 31.1 Å². The number of methoxy groups -OCH3 is 2. The maximum absolute atomic E-state index is 11.3. The average molecular weight is 245 g/mol. The lowest BCUT2D eigenvalue weighted by molar-refractivity contribution is -0.131. The molecule has 1 aromatic carbocycles. The molecule has 0 heterocycles. The normalized spacial score (nSPS) is 9.69. The van der Waals surface area contributed by atoms with E-state index >= 15 is 0 Å². The molecule has 0 aliphatic carbocycles. The molecule has 0 atom stereocenters. The molecule has 1 aromatic rings. The fraction of sp³-hybridized carbons (Fsp3) is 0.200. The van der Waals surface area contributed by atoms with Gasteiger partial charge in [0.25, 0.3) is 5.78 Å². The number of carbonyl (C=O) groups is 2. The van der Waals surface area contributed by atoms with Crippen molar-refractivity contribution in [2.75, 3.05) is 14.2 Å². The fourth-order valence-electron chi connectivity index (χ4n) is 1.18. The molecule has 5 nitrogen and oxygen atoms in total. The molecule has 86 valence electrons. The second-order valence-corrected chi connectivity index (χ2v) is 3.17. The lowest BCUT2D eigenvalue weighted by atomic mass is 10.1. The molecule has 0 bridgehead atoms. The van der Waals surface area contributed by atoms with Gasteiger partial charge in [-0.15, -0.1) is 0 Å². The lowest BCUT2D eigenvalue weighted by Gasteiger charge is -2.10.